The first-order chi connectivity index (χ1) is 10.6. The number of hydrogen-bond donors (Lipinski definition) is 1. The van der Waals surface area contributed by atoms with E-state index in [2.05, 4.69) is 11.1 Å². The zero-order valence-corrected chi connectivity index (χ0v) is 15.6. The van der Waals surface area contributed by atoms with E-state index in [0.29, 0.717) is 30.1 Å². The second-order valence-corrected chi connectivity index (χ2v) is 5.78. The summed E-state index contributed by atoms with van der Waals surface area (Å²) in [4.78, 5) is 19.3. The quantitative estimate of drug-likeness (QED) is 0.774. The van der Waals surface area contributed by atoms with Gasteiger partial charge in [-0.2, -0.15) is 23.8 Å². The number of Topliss-reactive ketones (excluding diaryl/α,β-unsaturated/α-hetero) is 1. The van der Waals surface area contributed by atoms with Crippen LogP contribution >= 0.6 is 0 Å². The van der Waals surface area contributed by atoms with Crippen LogP contribution in [0, 0.1) is 13.0 Å². The number of benzene rings is 2. The van der Waals surface area contributed by atoms with Gasteiger partial charge in [-0.25, -0.2) is 0 Å². The second-order valence-electron chi connectivity index (χ2n) is 5.78. The first kappa shape index (κ1) is 16.5. The number of anilines is 1. The van der Waals surface area contributed by atoms with E-state index < -0.39 is 5.60 Å². The number of nitrogens with zero attached hydrogens (tertiary/aromatic N) is 2. The summed E-state index contributed by atoms with van der Waals surface area (Å²) in [6.45, 7) is 2.45. The van der Waals surface area contributed by atoms with Crippen molar-refractivity contribution in [2.24, 2.45) is 4.99 Å². The molecule has 1 unspecified atom stereocenters. The number of ketones is 1. The van der Waals surface area contributed by atoms with Crippen LogP contribution < -0.4 is 4.90 Å². The van der Waals surface area contributed by atoms with Crippen molar-refractivity contribution in [3.8, 4) is 0 Å². The predicted molar refractivity (Wildman–Crippen MR) is 84.8 cm³/mol. The number of aryl methyl sites for hydroxylation is 1. The molecule has 0 amide bonds. The fourth-order valence-electron chi connectivity index (χ4n) is 3.15. The maximum Gasteiger partial charge on any atom is 0.183 e. The monoisotopic (exact) mass is 380 g/mol. The first-order valence-electron chi connectivity index (χ1n) is 7.31. The molecule has 4 nitrogen and oxygen atoms in total. The van der Waals surface area contributed by atoms with Gasteiger partial charge < -0.3 is 10.0 Å². The molecule has 113 valence electrons. The Bertz CT molecular complexity index is 804. The average molecular weight is 380 g/mol. The minimum Gasteiger partial charge on any atom is -0.374 e. The summed E-state index contributed by atoms with van der Waals surface area (Å²) in [5.74, 6) is 0.163. The molecule has 2 heterocycles. The Morgan fingerprint density at radius 1 is 1.30 bits per heavy atom. The number of rotatable bonds is 1. The van der Waals surface area contributed by atoms with Crippen LogP contribution in [0.25, 0.3) is 0 Å². The van der Waals surface area contributed by atoms with Gasteiger partial charge in [0, 0.05) is 51.4 Å². The van der Waals surface area contributed by atoms with Crippen LogP contribution in [0.15, 0.2) is 47.5 Å². The predicted octanol–water partition coefficient (Wildman–Crippen LogP) is 2.66. The molecular weight excluding hydrogens is 365 g/mol. The molecule has 1 saturated heterocycles. The van der Waals surface area contributed by atoms with Crippen LogP contribution in [0.3, 0.4) is 0 Å². The van der Waals surface area contributed by atoms with Crippen molar-refractivity contribution in [3.63, 3.8) is 0 Å². The second kappa shape index (κ2) is 5.93. The number of hydrogen-bond acceptors (Lipinski definition) is 4. The molecule has 1 fully saturated rings. The maximum absolute atomic E-state index is 12.8. The molecule has 2 aliphatic rings. The summed E-state index contributed by atoms with van der Waals surface area (Å²) in [5.41, 5.74) is 1.35. The van der Waals surface area contributed by atoms with Gasteiger partial charge in [0.25, 0.3) is 0 Å². The van der Waals surface area contributed by atoms with E-state index in [0.717, 1.165) is 11.3 Å². The molecule has 1 radical (unpaired) electrons. The van der Waals surface area contributed by atoms with Crippen molar-refractivity contribution in [1.29, 1.82) is 0 Å². The van der Waals surface area contributed by atoms with E-state index in [1.807, 2.05) is 42.2 Å². The Balaban J connectivity index is 0.00000156. The zero-order valence-electron chi connectivity index (χ0n) is 12.8. The van der Waals surface area contributed by atoms with Gasteiger partial charge in [-0.3, -0.25) is 9.79 Å². The number of carbonyl (C=O) groups is 1. The summed E-state index contributed by atoms with van der Waals surface area (Å²) in [6.07, 6.45) is 0.358. The number of aliphatic hydroxyl groups is 1. The number of amidine groups is 1. The van der Waals surface area contributed by atoms with Crippen molar-refractivity contribution < 1.29 is 42.6 Å². The van der Waals surface area contributed by atoms with Gasteiger partial charge in [0.1, 0.15) is 5.84 Å². The molecular formula is C18H15N2O2Y-. The van der Waals surface area contributed by atoms with Crippen molar-refractivity contribution in [3.05, 3.63) is 59.7 Å². The van der Waals surface area contributed by atoms with E-state index >= 15 is 0 Å². The molecule has 23 heavy (non-hydrogen) atoms. The van der Waals surface area contributed by atoms with Gasteiger partial charge in [0.2, 0.25) is 0 Å². The van der Waals surface area contributed by atoms with Gasteiger partial charge in [0.15, 0.2) is 11.4 Å². The molecule has 0 bridgehead atoms. The van der Waals surface area contributed by atoms with Crippen LogP contribution in [0.5, 0.6) is 0 Å². The van der Waals surface area contributed by atoms with Crippen LogP contribution in [0.4, 0.5) is 11.4 Å². The van der Waals surface area contributed by atoms with Crippen molar-refractivity contribution in [2.45, 2.75) is 18.9 Å². The number of fused-ring (bicyclic) bond motifs is 2. The Labute approximate surface area is 160 Å². The van der Waals surface area contributed by atoms with E-state index in [-0.39, 0.29) is 38.5 Å². The van der Waals surface area contributed by atoms with E-state index in [1.165, 1.54) is 0 Å². The third-order valence-corrected chi connectivity index (χ3v) is 4.31. The number of para-hydroxylation sites is 1. The molecule has 2 aliphatic heterocycles. The molecule has 4 rings (SSSR count). The number of aliphatic imine (C=N–C) groups is 1. The van der Waals surface area contributed by atoms with Gasteiger partial charge >= 0.3 is 0 Å². The third-order valence-electron chi connectivity index (χ3n) is 4.31. The molecule has 1 atom stereocenters. The standard InChI is InChI=1S/C18H15N2O2.Y/c1-12-7-8-15-14(11-12)16(21)18(22)9-10-20(17(18)19-15)13-5-3-2-4-6-13;/h2-6,8,11,22H,9-10H2,1H3;/q-1;. The summed E-state index contributed by atoms with van der Waals surface area (Å²) in [5, 5.41) is 10.9. The molecule has 2 aromatic rings. The molecule has 1 N–H and O–H groups in total. The van der Waals surface area contributed by atoms with E-state index in [4.69, 9.17) is 0 Å². The number of carbonyl (C=O) groups excluding carboxylic acids is 1. The maximum atomic E-state index is 12.8. The minimum absolute atomic E-state index is 0. The largest absolute Gasteiger partial charge is 0.374 e. The van der Waals surface area contributed by atoms with Gasteiger partial charge in [-0.1, -0.05) is 30.7 Å². The topological polar surface area (TPSA) is 52.9 Å². The van der Waals surface area contributed by atoms with Crippen LogP contribution in [0.2, 0.25) is 0 Å². The van der Waals surface area contributed by atoms with Gasteiger partial charge in [-0.05, 0) is 17.8 Å². The van der Waals surface area contributed by atoms with Crippen LogP contribution in [-0.4, -0.2) is 28.9 Å². The molecule has 5 heteroatoms. The SMILES string of the molecule is Cc1[c-]cc2c(c1)C(=O)C1(O)CCN(c3ccccc3)C1=N2.[Y]. The molecule has 0 aliphatic carbocycles. The summed E-state index contributed by atoms with van der Waals surface area (Å²) in [7, 11) is 0. The van der Waals surface area contributed by atoms with Crippen molar-refractivity contribution >= 4 is 23.0 Å². The van der Waals surface area contributed by atoms with Gasteiger partial charge in [-0.15, -0.1) is 0 Å². The zero-order chi connectivity index (χ0) is 15.3. The van der Waals surface area contributed by atoms with Crippen molar-refractivity contribution in [1.82, 2.24) is 0 Å². The van der Waals surface area contributed by atoms with E-state index in [9.17, 15) is 9.90 Å². The summed E-state index contributed by atoms with van der Waals surface area (Å²) >= 11 is 0. The molecule has 2 aromatic carbocycles. The normalized spacial score (nSPS) is 22.1. The average Bonchev–Trinajstić information content (AvgIpc) is 2.88. The Morgan fingerprint density at radius 3 is 2.78 bits per heavy atom. The Hall–Kier alpha value is -1.36. The third kappa shape index (κ3) is 2.49. The van der Waals surface area contributed by atoms with Crippen molar-refractivity contribution in [2.75, 3.05) is 11.4 Å². The van der Waals surface area contributed by atoms with Crippen LogP contribution in [0.1, 0.15) is 22.3 Å². The summed E-state index contributed by atoms with van der Waals surface area (Å²) < 4.78 is 0. The van der Waals surface area contributed by atoms with Gasteiger partial charge in [0.05, 0.1) is 0 Å². The minimum atomic E-state index is -1.52. The molecule has 0 aromatic heterocycles. The Kier molecular flexibility index (Phi) is 4.26. The molecule has 0 spiro atoms. The first-order valence-corrected chi connectivity index (χ1v) is 7.31. The van der Waals surface area contributed by atoms with Crippen LogP contribution in [-0.2, 0) is 32.7 Å². The van der Waals surface area contributed by atoms with E-state index in [1.54, 1.807) is 12.1 Å². The molecule has 0 saturated carbocycles. The Morgan fingerprint density at radius 2 is 2.04 bits per heavy atom. The smallest absolute Gasteiger partial charge is 0.183 e. The summed E-state index contributed by atoms with van der Waals surface area (Å²) in [6, 6.07) is 16.2. The fourth-order valence-corrected chi connectivity index (χ4v) is 3.15. The fraction of sp³-hybridized carbons (Fsp3) is 0.222.